The Morgan fingerprint density at radius 1 is 1.30 bits per heavy atom. The van der Waals surface area contributed by atoms with Crippen molar-refractivity contribution in [1.82, 2.24) is 9.55 Å². The number of rotatable bonds is 4. The average molecular weight is 364 g/mol. The number of esters is 1. The van der Waals surface area contributed by atoms with Crippen LogP contribution in [0.25, 0.3) is 16.7 Å². The zero-order valence-electron chi connectivity index (χ0n) is 15.7. The molecule has 0 saturated heterocycles. The molecule has 7 nitrogen and oxygen atoms in total. The maximum Gasteiger partial charge on any atom is 0.342 e. The molecular weight excluding hydrogens is 344 g/mol. The number of nitrogens with two attached hydrogens (primary N) is 1. The molecule has 138 valence electrons. The Hall–Kier alpha value is -3.53. The quantitative estimate of drug-likeness (QED) is 0.714. The standard InChI is InChI=1S/C20H20N4O3/c1-11-5-6-14(26-3)12(2)17(11)24-18(22)16(20(25)27-4)15-13(7-9-21)8-10-23-19(15)24/h5-6,8,10H,7,22H2,1-4H3. The summed E-state index contributed by atoms with van der Waals surface area (Å²) in [5, 5.41) is 9.71. The Morgan fingerprint density at radius 3 is 2.67 bits per heavy atom. The number of carbonyl (C=O) groups excluding carboxylic acids is 1. The van der Waals surface area contributed by atoms with Crippen LogP contribution < -0.4 is 10.5 Å². The van der Waals surface area contributed by atoms with Crippen LogP contribution in [-0.4, -0.2) is 29.7 Å². The third-order valence-corrected chi connectivity index (χ3v) is 4.66. The molecule has 7 heteroatoms. The molecule has 0 unspecified atom stereocenters. The van der Waals surface area contributed by atoms with Gasteiger partial charge in [-0.15, -0.1) is 0 Å². The van der Waals surface area contributed by atoms with Gasteiger partial charge >= 0.3 is 5.97 Å². The number of hydrogen-bond acceptors (Lipinski definition) is 6. The van der Waals surface area contributed by atoms with Crippen molar-refractivity contribution in [2.24, 2.45) is 0 Å². The van der Waals surface area contributed by atoms with E-state index >= 15 is 0 Å². The number of aryl methyl sites for hydroxylation is 1. The molecule has 0 fully saturated rings. The van der Waals surface area contributed by atoms with Gasteiger partial charge in [-0.25, -0.2) is 9.78 Å². The van der Waals surface area contributed by atoms with E-state index in [9.17, 15) is 10.1 Å². The molecule has 27 heavy (non-hydrogen) atoms. The summed E-state index contributed by atoms with van der Waals surface area (Å²) in [6.07, 6.45) is 1.74. The lowest BCUT2D eigenvalue weighted by Crippen LogP contribution is -2.09. The van der Waals surface area contributed by atoms with E-state index in [2.05, 4.69) is 11.1 Å². The van der Waals surface area contributed by atoms with Crippen molar-refractivity contribution in [3.63, 3.8) is 0 Å². The van der Waals surface area contributed by atoms with Gasteiger partial charge in [0, 0.05) is 17.1 Å². The van der Waals surface area contributed by atoms with Gasteiger partial charge in [-0.05, 0) is 37.1 Å². The molecule has 1 aromatic carbocycles. The maximum atomic E-state index is 12.5. The normalized spacial score (nSPS) is 10.6. The first-order valence-corrected chi connectivity index (χ1v) is 8.33. The lowest BCUT2D eigenvalue weighted by Gasteiger charge is -2.16. The third-order valence-electron chi connectivity index (χ3n) is 4.66. The summed E-state index contributed by atoms with van der Waals surface area (Å²) in [7, 11) is 2.90. The summed E-state index contributed by atoms with van der Waals surface area (Å²) in [6.45, 7) is 3.87. The van der Waals surface area contributed by atoms with E-state index in [-0.39, 0.29) is 17.8 Å². The van der Waals surface area contributed by atoms with Gasteiger partial charge < -0.3 is 15.2 Å². The second kappa shape index (κ2) is 7.00. The van der Waals surface area contributed by atoms with Gasteiger partial charge in [0.1, 0.15) is 22.8 Å². The number of pyridine rings is 1. The SMILES string of the molecule is COC(=O)c1c(N)n(-c2c(C)ccc(OC)c2C)c2nccc(CC#N)c12. The summed E-state index contributed by atoms with van der Waals surface area (Å²) in [5.74, 6) is 0.348. The van der Waals surface area contributed by atoms with Crippen molar-refractivity contribution in [2.75, 3.05) is 20.0 Å². The van der Waals surface area contributed by atoms with Crippen molar-refractivity contribution in [3.8, 4) is 17.5 Å². The van der Waals surface area contributed by atoms with Crippen molar-refractivity contribution in [1.29, 1.82) is 5.26 Å². The summed E-state index contributed by atoms with van der Waals surface area (Å²) in [4.78, 5) is 17.0. The minimum atomic E-state index is -0.568. The van der Waals surface area contributed by atoms with Gasteiger partial charge in [0.05, 0.1) is 32.4 Å². The highest BCUT2D eigenvalue weighted by molar-refractivity contribution is 6.10. The predicted molar refractivity (Wildman–Crippen MR) is 102 cm³/mol. The minimum absolute atomic E-state index is 0.128. The molecule has 0 radical (unpaired) electrons. The molecule has 0 aliphatic heterocycles. The van der Waals surface area contributed by atoms with Crippen LogP contribution >= 0.6 is 0 Å². The molecule has 3 aromatic rings. The fourth-order valence-corrected chi connectivity index (χ4v) is 3.43. The fourth-order valence-electron chi connectivity index (χ4n) is 3.43. The lowest BCUT2D eigenvalue weighted by molar-refractivity contribution is 0.0604. The number of carbonyl (C=O) groups is 1. The van der Waals surface area contributed by atoms with E-state index in [1.165, 1.54) is 7.11 Å². The van der Waals surface area contributed by atoms with Gasteiger partial charge in [0.15, 0.2) is 0 Å². The Morgan fingerprint density at radius 2 is 2.04 bits per heavy atom. The molecule has 0 saturated carbocycles. The van der Waals surface area contributed by atoms with Gasteiger partial charge in [0.25, 0.3) is 0 Å². The van der Waals surface area contributed by atoms with E-state index < -0.39 is 5.97 Å². The predicted octanol–water partition coefficient (Wildman–Crippen LogP) is 3.09. The van der Waals surface area contributed by atoms with Gasteiger partial charge in [0.2, 0.25) is 0 Å². The maximum absolute atomic E-state index is 12.5. The summed E-state index contributed by atoms with van der Waals surface area (Å²) < 4.78 is 12.1. The molecule has 0 atom stereocenters. The van der Waals surface area contributed by atoms with E-state index in [4.69, 9.17) is 15.2 Å². The van der Waals surface area contributed by atoms with Crippen molar-refractivity contribution in [3.05, 3.63) is 46.6 Å². The molecule has 2 heterocycles. The topological polar surface area (TPSA) is 103 Å². The Kier molecular flexibility index (Phi) is 4.74. The molecule has 0 spiro atoms. The molecule has 2 aromatic heterocycles. The number of ether oxygens (including phenoxy) is 2. The molecular formula is C20H20N4O3. The van der Waals surface area contributed by atoms with Crippen LogP contribution in [0.5, 0.6) is 5.75 Å². The second-order valence-electron chi connectivity index (χ2n) is 6.15. The molecule has 0 amide bonds. The van der Waals surface area contributed by atoms with Crippen LogP contribution in [-0.2, 0) is 11.2 Å². The number of hydrogen-bond donors (Lipinski definition) is 1. The first kappa shape index (κ1) is 18.3. The number of aromatic nitrogens is 2. The third kappa shape index (κ3) is 2.75. The highest BCUT2D eigenvalue weighted by Crippen LogP contribution is 2.37. The monoisotopic (exact) mass is 364 g/mol. The zero-order valence-corrected chi connectivity index (χ0v) is 15.7. The number of anilines is 1. The number of nitrogen functional groups attached to an aromatic ring is 1. The number of nitrogens with zero attached hydrogens (tertiary/aromatic N) is 3. The second-order valence-corrected chi connectivity index (χ2v) is 6.15. The van der Waals surface area contributed by atoms with Crippen LogP contribution in [0, 0.1) is 25.2 Å². The van der Waals surface area contributed by atoms with E-state index in [0.717, 1.165) is 16.8 Å². The van der Waals surface area contributed by atoms with Crippen LogP contribution in [0.1, 0.15) is 27.0 Å². The lowest BCUT2D eigenvalue weighted by atomic mass is 10.1. The molecule has 2 N–H and O–H groups in total. The van der Waals surface area contributed by atoms with Crippen LogP contribution in [0.2, 0.25) is 0 Å². The van der Waals surface area contributed by atoms with E-state index in [0.29, 0.717) is 22.3 Å². The number of nitriles is 1. The first-order valence-electron chi connectivity index (χ1n) is 8.33. The van der Waals surface area contributed by atoms with Crippen molar-refractivity contribution < 1.29 is 14.3 Å². The Bertz CT molecular complexity index is 1090. The largest absolute Gasteiger partial charge is 0.496 e. The Balaban J connectivity index is 2.50. The Labute approximate surface area is 156 Å². The van der Waals surface area contributed by atoms with Crippen molar-refractivity contribution >= 4 is 22.8 Å². The molecule has 0 bridgehead atoms. The number of fused-ring (bicyclic) bond motifs is 1. The number of benzene rings is 1. The van der Waals surface area contributed by atoms with Crippen LogP contribution in [0.3, 0.4) is 0 Å². The van der Waals surface area contributed by atoms with Gasteiger partial charge in [-0.2, -0.15) is 5.26 Å². The van der Waals surface area contributed by atoms with Crippen LogP contribution in [0.4, 0.5) is 5.82 Å². The first-order chi connectivity index (χ1) is 13.0. The smallest absolute Gasteiger partial charge is 0.342 e. The molecule has 3 rings (SSSR count). The molecule has 0 aliphatic carbocycles. The molecule has 0 aliphatic rings. The summed E-state index contributed by atoms with van der Waals surface area (Å²) in [5.41, 5.74) is 10.4. The zero-order chi connectivity index (χ0) is 19.7. The number of methoxy groups -OCH3 is 2. The summed E-state index contributed by atoms with van der Waals surface area (Å²) in [6, 6.07) is 7.64. The van der Waals surface area contributed by atoms with Crippen LogP contribution in [0.15, 0.2) is 24.4 Å². The average Bonchev–Trinajstić information content (AvgIpc) is 2.95. The summed E-state index contributed by atoms with van der Waals surface area (Å²) >= 11 is 0. The highest BCUT2D eigenvalue weighted by atomic mass is 16.5. The van der Waals surface area contributed by atoms with Gasteiger partial charge in [-0.1, -0.05) is 6.07 Å². The van der Waals surface area contributed by atoms with Crippen molar-refractivity contribution in [2.45, 2.75) is 20.3 Å². The van der Waals surface area contributed by atoms with Gasteiger partial charge in [-0.3, -0.25) is 4.57 Å². The fraction of sp³-hybridized carbons (Fsp3) is 0.250. The van der Waals surface area contributed by atoms with E-state index in [1.807, 2.05) is 26.0 Å². The van der Waals surface area contributed by atoms with E-state index in [1.54, 1.807) is 23.9 Å². The minimum Gasteiger partial charge on any atom is -0.496 e. The highest BCUT2D eigenvalue weighted by Gasteiger charge is 2.27.